The lowest BCUT2D eigenvalue weighted by Crippen LogP contribution is -2.37. The van der Waals surface area contributed by atoms with E-state index in [1.54, 1.807) is 0 Å². The number of aromatic nitrogens is 2. The Bertz CT molecular complexity index is 560. The molecule has 1 atom stereocenters. The molecule has 96 valence electrons. The van der Waals surface area contributed by atoms with Gasteiger partial charge in [0.25, 0.3) is 0 Å². The summed E-state index contributed by atoms with van der Waals surface area (Å²) in [5.41, 5.74) is -1.21. The number of anilines is 1. The first-order valence-electron chi connectivity index (χ1n) is 5.51. The van der Waals surface area contributed by atoms with Crippen molar-refractivity contribution in [3.05, 3.63) is 29.4 Å². The van der Waals surface area contributed by atoms with Crippen LogP contribution in [0.25, 0.3) is 10.8 Å². The van der Waals surface area contributed by atoms with Gasteiger partial charge in [-0.15, -0.1) is 10.2 Å². The summed E-state index contributed by atoms with van der Waals surface area (Å²) in [5, 5.41) is 31.4. The van der Waals surface area contributed by atoms with Gasteiger partial charge in [0.1, 0.15) is 5.60 Å². The molecular weight excluding hydrogens is 254 g/mol. The molecule has 0 aliphatic carbocycles. The largest absolute Gasteiger partial charge is 0.393 e. The molecule has 3 N–H and O–H groups in total. The van der Waals surface area contributed by atoms with E-state index in [1.165, 1.54) is 6.92 Å². The van der Waals surface area contributed by atoms with Crippen molar-refractivity contribution in [2.45, 2.75) is 12.5 Å². The predicted molar refractivity (Wildman–Crippen MR) is 70.7 cm³/mol. The van der Waals surface area contributed by atoms with Gasteiger partial charge in [-0.2, -0.15) is 0 Å². The van der Waals surface area contributed by atoms with E-state index in [0.717, 1.165) is 10.8 Å². The SMILES string of the molecule is CC(O)(CO)CNc1nnc(Cl)c2ccccc12. The van der Waals surface area contributed by atoms with Gasteiger partial charge < -0.3 is 15.5 Å². The Hall–Kier alpha value is -1.43. The summed E-state index contributed by atoms with van der Waals surface area (Å²) in [6.45, 7) is 1.37. The van der Waals surface area contributed by atoms with E-state index in [-0.39, 0.29) is 13.2 Å². The molecule has 6 heteroatoms. The van der Waals surface area contributed by atoms with Crippen LogP contribution in [-0.2, 0) is 0 Å². The fourth-order valence-electron chi connectivity index (χ4n) is 1.53. The number of benzene rings is 1. The number of nitrogens with one attached hydrogen (secondary N) is 1. The number of hydrogen-bond acceptors (Lipinski definition) is 5. The highest BCUT2D eigenvalue weighted by atomic mass is 35.5. The normalized spacial score (nSPS) is 14.4. The number of nitrogens with zero attached hydrogens (tertiary/aromatic N) is 2. The lowest BCUT2D eigenvalue weighted by atomic mass is 10.1. The van der Waals surface area contributed by atoms with E-state index in [2.05, 4.69) is 15.5 Å². The van der Waals surface area contributed by atoms with Gasteiger partial charge in [-0.1, -0.05) is 35.9 Å². The average Bonchev–Trinajstić information content (AvgIpc) is 2.38. The Kier molecular flexibility index (Phi) is 3.65. The van der Waals surface area contributed by atoms with Gasteiger partial charge in [-0.25, -0.2) is 0 Å². The first-order valence-corrected chi connectivity index (χ1v) is 5.89. The van der Waals surface area contributed by atoms with Gasteiger partial charge in [0.05, 0.1) is 6.61 Å². The molecule has 0 saturated heterocycles. The average molecular weight is 268 g/mol. The monoisotopic (exact) mass is 267 g/mol. The summed E-state index contributed by atoms with van der Waals surface area (Å²) in [5.74, 6) is 0.531. The first-order chi connectivity index (χ1) is 8.53. The van der Waals surface area contributed by atoms with Crippen LogP contribution in [0.15, 0.2) is 24.3 Å². The molecule has 0 fully saturated rings. The summed E-state index contributed by atoms with van der Waals surface area (Å²) < 4.78 is 0. The van der Waals surface area contributed by atoms with Gasteiger partial charge in [0.15, 0.2) is 11.0 Å². The van der Waals surface area contributed by atoms with Crippen molar-refractivity contribution in [2.24, 2.45) is 0 Å². The minimum Gasteiger partial charge on any atom is -0.393 e. The predicted octanol–water partition coefficient (Wildman–Crippen LogP) is 1.44. The van der Waals surface area contributed by atoms with E-state index in [1.807, 2.05) is 24.3 Å². The fourth-order valence-corrected chi connectivity index (χ4v) is 1.73. The summed E-state index contributed by atoms with van der Waals surface area (Å²) in [6, 6.07) is 7.45. The lowest BCUT2D eigenvalue weighted by molar-refractivity contribution is 0.0132. The molecule has 5 nitrogen and oxygen atoms in total. The minimum absolute atomic E-state index is 0.170. The molecule has 0 saturated carbocycles. The van der Waals surface area contributed by atoms with Crippen LogP contribution in [0.4, 0.5) is 5.82 Å². The molecule has 0 amide bonds. The molecule has 1 aromatic heterocycles. The van der Waals surface area contributed by atoms with Crippen LogP contribution < -0.4 is 5.32 Å². The zero-order valence-corrected chi connectivity index (χ0v) is 10.6. The van der Waals surface area contributed by atoms with Crippen LogP contribution in [-0.4, -0.2) is 39.2 Å². The third kappa shape index (κ3) is 2.69. The molecule has 18 heavy (non-hydrogen) atoms. The van der Waals surface area contributed by atoms with Crippen LogP contribution in [0.1, 0.15) is 6.92 Å². The van der Waals surface area contributed by atoms with E-state index >= 15 is 0 Å². The third-order valence-corrected chi connectivity index (χ3v) is 2.90. The number of rotatable bonds is 4. The molecular formula is C12H14ClN3O2. The second-order valence-corrected chi connectivity index (χ2v) is 4.75. The lowest BCUT2D eigenvalue weighted by Gasteiger charge is -2.21. The highest BCUT2D eigenvalue weighted by molar-refractivity contribution is 6.34. The zero-order valence-electron chi connectivity index (χ0n) is 9.89. The van der Waals surface area contributed by atoms with Crippen molar-refractivity contribution in [2.75, 3.05) is 18.5 Å². The molecule has 1 heterocycles. The second-order valence-electron chi connectivity index (χ2n) is 4.39. The van der Waals surface area contributed by atoms with Crippen molar-refractivity contribution in [3.63, 3.8) is 0 Å². The Morgan fingerprint density at radius 1 is 1.28 bits per heavy atom. The first kappa shape index (κ1) is 13.0. The van der Waals surface area contributed by atoms with Crippen molar-refractivity contribution in [1.29, 1.82) is 0 Å². The molecule has 2 rings (SSSR count). The second kappa shape index (κ2) is 5.06. The number of aliphatic hydroxyl groups excluding tert-OH is 1. The molecule has 0 aliphatic rings. The van der Waals surface area contributed by atoms with Crippen LogP contribution in [0.3, 0.4) is 0 Å². The van der Waals surface area contributed by atoms with Crippen molar-refractivity contribution in [3.8, 4) is 0 Å². The highest BCUT2D eigenvalue weighted by Gasteiger charge is 2.19. The molecule has 2 aromatic rings. The molecule has 0 radical (unpaired) electrons. The standard InChI is InChI=1S/C12H14ClN3O2/c1-12(18,7-17)6-14-11-9-5-3-2-4-8(9)10(13)15-16-11/h2-5,17-18H,6-7H2,1H3,(H,14,16). The number of fused-ring (bicyclic) bond motifs is 1. The van der Waals surface area contributed by atoms with Crippen molar-refractivity contribution >= 4 is 28.2 Å². The summed E-state index contributed by atoms with van der Waals surface area (Å²) >= 11 is 5.96. The van der Waals surface area contributed by atoms with E-state index in [4.69, 9.17) is 16.7 Å². The topological polar surface area (TPSA) is 78.3 Å². The zero-order chi connectivity index (χ0) is 13.2. The maximum Gasteiger partial charge on any atom is 0.159 e. The smallest absolute Gasteiger partial charge is 0.159 e. The van der Waals surface area contributed by atoms with Gasteiger partial charge in [0.2, 0.25) is 0 Å². The summed E-state index contributed by atoms with van der Waals surface area (Å²) in [7, 11) is 0. The third-order valence-electron chi connectivity index (χ3n) is 2.62. The number of aliphatic hydroxyl groups is 2. The van der Waals surface area contributed by atoms with E-state index in [9.17, 15) is 5.11 Å². The van der Waals surface area contributed by atoms with Crippen molar-refractivity contribution < 1.29 is 10.2 Å². The minimum atomic E-state index is -1.21. The number of hydrogen-bond donors (Lipinski definition) is 3. The van der Waals surface area contributed by atoms with E-state index < -0.39 is 5.60 Å². The molecule has 1 unspecified atom stereocenters. The van der Waals surface area contributed by atoms with Crippen molar-refractivity contribution in [1.82, 2.24) is 10.2 Å². The Morgan fingerprint density at radius 3 is 2.61 bits per heavy atom. The quantitative estimate of drug-likeness (QED) is 0.781. The van der Waals surface area contributed by atoms with Gasteiger partial charge in [-0.05, 0) is 6.92 Å². The van der Waals surface area contributed by atoms with Crippen LogP contribution in [0.2, 0.25) is 5.15 Å². The van der Waals surface area contributed by atoms with Crippen LogP contribution >= 0.6 is 11.6 Å². The Labute approximate surface area is 109 Å². The van der Waals surface area contributed by atoms with Gasteiger partial charge in [-0.3, -0.25) is 0 Å². The highest BCUT2D eigenvalue weighted by Crippen LogP contribution is 2.25. The Balaban J connectivity index is 2.32. The maximum atomic E-state index is 9.72. The molecule has 0 spiro atoms. The molecule has 0 bridgehead atoms. The van der Waals surface area contributed by atoms with E-state index in [0.29, 0.717) is 11.0 Å². The van der Waals surface area contributed by atoms with Gasteiger partial charge >= 0.3 is 0 Å². The molecule has 1 aromatic carbocycles. The van der Waals surface area contributed by atoms with Crippen LogP contribution in [0, 0.1) is 0 Å². The Morgan fingerprint density at radius 2 is 1.94 bits per heavy atom. The van der Waals surface area contributed by atoms with Gasteiger partial charge in [0, 0.05) is 17.3 Å². The van der Waals surface area contributed by atoms with Crippen LogP contribution in [0.5, 0.6) is 0 Å². The maximum absolute atomic E-state index is 9.72. The summed E-state index contributed by atoms with van der Waals surface area (Å²) in [6.07, 6.45) is 0. The summed E-state index contributed by atoms with van der Waals surface area (Å²) in [4.78, 5) is 0. The number of halogens is 1. The molecule has 0 aliphatic heterocycles. The fraction of sp³-hybridized carbons (Fsp3) is 0.333.